The van der Waals surface area contributed by atoms with Crippen LogP contribution in [-0.2, 0) is 10.0 Å². The van der Waals surface area contributed by atoms with Crippen LogP contribution in [0.2, 0.25) is 0 Å². The Kier molecular flexibility index (Phi) is 5.21. The topological polar surface area (TPSA) is 49.4 Å². The maximum Gasteiger partial charge on any atom is 0.217 e. The van der Waals surface area contributed by atoms with Crippen molar-refractivity contribution in [2.24, 2.45) is 5.92 Å². The number of sulfonamides is 1. The highest BCUT2D eigenvalue weighted by molar-refractivity contribution is 7.89. The number of rotatable bonds is 6. The second-order valence-corrected chi connectivity index (χ2v) is 6.94. The van der Waals surface area contributed by atoms with Gasteiger partial charge >= 0.3 is 0 Å². The molecule has 1 aliphatic heterocycles. The predicted molar refractivity (Wildman–Crippen MR) is 66.9 cm³/mol. The van der Waals surface area contributed by atoms with Crippen molar-refractivity contribution in [3.05, 3.63) is 0 Å². The average molecular weight is 248 g/mol. The van der Waals surface area contributed by atoms with Crippen LogP contribution in [0.1, 0.15) is 33.6 Å². The van der Waals surface area contributed by atoms with Gasteiger partial charge in [0.2, 0.25) is 10.0 Å². The summed E-state index contributed by atoms with van der Waals surface area (Å²) < 4.78 is 26.0. The summed E-state index contributed by atoms with van der Waals surface area (Å²) in [6.45, 7) is 8.69. The Morgan fingerprint density at radius 2 is 2.12 bits per heavy atom. The molecule has 0 amide bonds. The van der Waals surface area contributed by atoms with Gasteiger partial charge in [0.25, 0.3) is 0 Å². The highest BCUT2D eigenvalue weighted by atomic mass is 32.2. The van der Waals surface area contributed by atoms with Crippen LogP contribution >= 0.6 is 0 Å². The van der Waals surface area contributed by atoms with E-state index in [0.717, 1.165) is 25.9 Å². The number of nitrogens with zero attached hydrogens (tertiary/aromatic N) is 1. The van der Waals surface area contributed by atoms with Crippen LogP contribution in [0.25, 0.3) is 0 Å². The van der Waals surface area contributed by atoms with Crippen molar-refractivity contribution >= 4 is 10.0 Å². The van der Waals surface area contributed by atoms with Gasteiger partial charge in [-0.05, 0) is 25.8 Å². The van der Waals surface area contributed by atoms with Crippen molar-refractivity contribution in [2.45, 2.75) is 38.9 Å². The summed E-state index contributed by atoms with van der Waals surface area (Å²) in [5, 5.41) is 2.78. The Balaban J connectivity index is 2.57. The van der Waals surface area contributed by atoms with Crippen molar-refractivity contribution in [2.75, 3.05) is 26.2 Å². The molecule has 0 aromatic rings. The first kappa shape index (κ1) is 13.9. The van der Waals surface area contributed by atoms with Crippen molar-refractivity contribution < 1.29 is 8.42 Å². The molecular weight excluding hydrogens is 224 g/mol. The summed E-state index contributed by atoms with van der Waals surface area (Å²) in [4.78, 5) is 0. The molecule has 0 aromatic heterocycles. The van der Waals surface area contributed by atoms with E-state index in [1.807, 2.05) is 6.92 Å². The molecule has 4 nitrogen and oxygen atoms in total. The smallest absolute Gasteiger partial charge is 0.217 e. The second kappa shape index (κ2) is 5.98. The van der Waals surface area contributed by atoms with E-state index in [-0.39, 0.29) is 5.25 Å². The number of hydrogen-bond acceptors (Lipinski definition) is 3. The zero-order valence-electron chi connectivity index (χ0n) is 10.6. The van der Waals surface area contributed by atoms with Crippen LogP contribution in [-0.4, -0.2) is 44.2 Å². The maximum atomic E-state index is 12.2. The zero-order valence-corrected chi connectivity index (χ0v) is 11.4. The van der Waals surface area contributed by atoms with Crippen molar-refractivity contribution in [3.63, 3.8) is 0 Å². The minimum atomic E-state index is -3.08. The average Bonchev–Trinajstić information content (AvgIpc) is 2.74. The van der Waals surface area contributed by atoms with Crippen molar-refractivity contribution in [3.8, 4) is 0 Å². The molecule has 0 saturated carbocycles. The van der Waals surface area contributed by atoms with Gasteiger partial charge in [-0.15, -0.1) is 0 Å². The van der Waals surface area contributed by atoms with Crippen molar-refractivity contribution in [1.29, 1.82) is 0 Å². The van der Waals surface area contributed by atoms with Gasteiger partial charge in [0.05, 0.1) is 5.25 Å². The van der Waals surface area contributed by atoms with E-state index in [1.54, 1.807) is 11.2 Å². The Morgan fingerprint density at radius 1 is 1.44 bits per heavy atom. The highest BCUT2D eigenvalue weighted by Crippen LogP contribution is 2.23. The third-order valence-electron chi connectivity index (χ3n) is 3.38. The fourth-order valence-electron chi connectivity index (χ4n) is 2.07. The zero-order chi connectivity index (χ0) is 12.2. The van der Waals surface area contributed by atoms with Crippen LogP contribution in [0.15, 0.2) is 0 Å². The lowest BCUT2D eigenvalue weighted by molar-refractivity contribution is 0.443. The number of nitrogens with one attached hydrogen (secondary N) is 1. The van der Waals surface area contributed by atoms with Gasteiger partial charge in [0, 0.05) is 19.6 Å². The van der Waals surface area contributed by atoms with Crippen LogP contribution in [0.3, 0.4) is 0 Å². The van der Waals surface area contributed by atoms with Gasteiger partial charge in [0.1, 0.15) is 0 Å². The first-order chi connectivity index (χ1) is 7.52. The fourth-order valence-corrected chi connectivity index (χ4v) is 3.68. The lowest BCUT2D eigenvalue weighted by Crippen LogP contribution is -2.41. The lowest BCUT2D eigenvalue weighted by atomic mass is 10.1. The molecule has 2 atom stereocenters. The van der Waals surface area contributed by atoms with Gasteiger partial charge < -0.3 is 5.32 Å². The van der Waals surface area contributed by atoms with Crippen LogP contribution in [0.4, 0.5) is 0 Å². The summed E-state index contributed by atoms with van der Waals surface area (Å²) in [7, 11) is -3.08. The molecule has 1 saturated heterocycles. The molecule has 1 aliphatic rings. The summed E-state index contributed by atoms with van der Waals surface area (Å²) in [5.41, 5.74) is 0. The Morgan fingerprint density at radius 3 is 2.62 bits per heavy atom. The van der Waals surface area contributed by atoms with Gasteiger partial charge in [-0.2, -0.15) is 0 Å². The molecule has 5 heteroatoms. The van der Waals surface area contributed by atoms with E-state index in [9.17, 15) is 8.42 Å². The van der Waals surface area contributed by atoms with E-state index >= 15 is 0 Å². The summed E-state index contributed by atoms with van der Waals surface area (Å²) in [6, 6.07) is 0. The van der Waals surface area contributed by atoms with Crippen LogP contribution in [0, 0.1) is 5.92 Å². The largest absolute Gasteiger partial charge is 0.316 e. The van der Waals surface area contributed by atoms with E-state index in [4.69, 9.17) is 0 Å². The highest BCUT2D eigenvalue weighted by Gasteiger charge is 2.33. The van der Waals surface area contributed by atoms with E-state index in [1.165, 1.54) is 0 Å². The van der Waals surface area contributed by atoms with Gasteiger partial charge in [-0.25, -0.2) is 12.7 Å². The predicted octanol–water partition coefficient (Wildman–Crippen LogP) is 1.05. The third kappa shape index (κ3) is 3.18. The first-order valence-electron chi connectivity index (χ1n) is 6.22. The molecule has 0 spiro atoms. The summed E-state index contributed by atoms with van der Waals surface area (Å²) in [5.74, 6) is 0.557. The molecule has 0 aliphatic carbocycles. The minimum absolute atomic E-state index is 0.317. The van der Waals surface area contributed by atoms with E-state index < -0.39 is 10.0 Å². The Bertz CT molecular complexity index is 303. The molecule has 16 heavy (non-hydrogen) atoms. The maximum absolute atomic E-state index is 12.2. The first-order valence-corrected chi connectivity index (χ1v) is 7.72. The van der Waals surface area contributed by atoms with Crippen LogP contribution < -0.4 is 5.32 Å². The molecule has 0 radical (unpaired) electrons. The molecule has 0 bridgehead atoms. The fraction of sp³-hybridized carbons (Fsp3) is 1.00. The second-order valence-electron chi connectivity index (χ2n) is 4.58. The lowest BCUT2D eigenvalue weighted by Gasteiger charge is -2.21. The quantitative estimate of drug-likeness (QED) is 0.764. The van der Waals surface area contributed by atoms with Gasteiger partial charge in [-0.1, -0.05) is 20.3 Å². The SMILES string of the molecule is CCNCC(C)S(=O)(=O)N1CCC(CC)C1. The third-order valence-corrected chi connectivity index (χ3v) is 5.61. The molecule has 2 unspecified atom stereocenters. The van der Waals surface area contributed by atoms with E-state index in [0.29, 0.717) is 19.0 Å². The van der Waals surface area contributed by atoms with Crippen LogP contribution in [0.5, 0.6) is 0 Å². The Hall–Kier alpha value is -0.130. The minimum Gasteiger partial charge on any atom is -0.316 e. The molecular formula is C11H24N2O2S. The normalized spacial score (nSPS) is 24.8. The van der Waals surface area contributed by atoms with E-state index in [2.05, 4.69) is 12.2 Å². The number of hydrogen-bond donors (Lipinski definition) is 1. The molecule has 0 aromatic carbocycles. The molecule has 1 rings (SSSR count). The summed E-state index contributed by atoms with van der Waals surface area (Å²) >= 11 is 0. The summed E-state index contributed by atoms with van der Waals surface area (Å²) in [6.07, 6.45) is 2.09. The van der Waals surface area contributed by atoms with Crippen molar-refractivity contribution in [1.82, 2.24) is 9.62 Å². The molecule has 1 heterocycles. The molecule has 1 fully saturated rings. The monoisotopic (exact) mass is 248 g/mol. The standard InChI is InChI=1S/C11H24N2O2S/c1-4-11-6-7-13(9-11)16(14,15)10(3)8-12-5-2/h10-12H,4-9H2,1-3H3. The van der Waals surface area contributed by atoms with Gasteiger partial charge in [0.15, 0.2) is 0 Å². The van der Waals surface area contributed by atoms with Gasteiger partial charge in [-0.3, -0.25) is 0 Å². The molecule has 1 N–H and O–H groups in total. The Labute approximate surface area is 99.5 Å². The molecule has 96 valence electrons.